The number of hydrogen-bond donors (Lipinski definition) is 2. The molecule has 0 radical (unpaired) electrons. The quantitative estimate of drug-likeness (QED) is 0.874. The van der Waals surface area contributed by atoms with E-state index in [0.717, 1.165) is 24.9 Å². The first kappa shape index (κ1) is 12.5. The molecule has 2 fully saturated rings. The van der Waals surface area contributed by atoms with Gasteiger partial charge in [-0.25, -0.2) is 9.59 Å². The van der Waals surface area contributed by atoms with Gasteiger partial charge < -0.3 is 15.3 Å². The summed E-state index contributed by atoms with van der Waals surface area (Å²) in [5, 5.41) is 15.9. The lowest BCUT2D eigenvalue weighted by molar-refractivity contribution is -0.142. The van der Waals surface area contributed by atoms with Crippen molar-refractivity contribution in [2.24, 2.45) is 11.8 Å². The van der Waals surface area contributed by atoms with Gasteiger partial charge in [-0.3, -0.25) is 0 Å². The van der Waals surface area contributed by atoms with E-state index in [2.05, 4.69) is 5.32 Å². The highest BCUT2D eigenvalue weighted by atomic mass is 32.1. The third-order valence-electron chi connectivity index (χ3n) is 4.18. The number of urea groups is 1. The van der Waals surface area contributed by atoms with Crippen molar-refractivity contribution in [2.75, 3.05) is 11.9 Å². The maximum Gasteiger partial charge on any atom is 0.326 e. The second-order valence-corrected chi connectivity index (χ2v) is 6.01. The molecule has 102 valence electrons. The molecule has 0 spiro atoms. The molecule has 3 rings (SSSR count). The monoisotopic (exact) mass is 280 g/mol. The van der Waals surface area contributed by atoms with Crippen LogP contribution in [0.2, 0.25) is 0 Å². The van der Waals surface area contributed by atoms with Crippen molar-refractivity contribution in [1.29, 1.82) is 0 Å². The van der Waals surface area contributed by atoms with Gasteiger partial charge in [0.05, 0.1) is 5.69 Å². The Balaban J connectivity index is 1.76. The van der Waals surface area contributed by atoms with Gasteiger partial charge in [-0.15, -0.1) is 0 Å². The minimum absolute atomic E-state index is 0.130. The molecule has 2 N–H and O–H groups in total. The van der Waals surface area contributed by atoms with Crippen molar-refractivity contribution in [3.8, 4) is 0 Å². The van der Waals surface area contributed by atoms with E-state index in [4.69, 9.17) is 0 Å². The molecule has 1 aromatic heterocycles. The Labute approximate surface area is 115 Å². The lowest BCUT2D eigenvalue weighted by atomic mass is 9.94. The number of fused-ring (bicyclic) bond motifs is 1. The lowest BCUT2D eigenvalue weighted by Gasteiger charge is -2.24. The fourth-order valence-electron chi connectivity index (χ4n) is 3.36. The zero-order chi connectivity index (χ0) is 13.4. The van der Waals surface area contributed by atoms with Gasteiger partial charge in [0.25, 0.3) is 0 Å². The number of carbonyl (C=O) groups is 2. The molecular weight excluding hydrogens is 264 g/mol. The van der Waals surface area contributed by atoms with E-state index in [1.54, 1.807) is 0 Å². The molecule has 5 nitrogen and oxygen atoms in total. The van der Waals surface area contributed by atoms with Gasteiger partial charge in [0.15, 0.2) is 0 Å². The molecule has 1 aliphatic carbocycles. The number of nitrogens with one attached hydrogen (secondary N) is 1. The van der Waals surface area contributed by atoms with Crippen molar-refractivity contribution in [3.63, 3.8) is 0 Å². The second kappa shape index (κ2) is 4.85. The van der Waals surface area contributed by atoms with E-state index in [1.807, 2.05) is 16.8 Å². The van der Waals surface area contributed by atoms with Gasteiger partial charge in [-0.1, -0.05) is 6.42 Å². The predicted octanol–water partition coefficient (Wildman–Crippen LogP) is 2.47. The van der Waals surface area contributed by atoms with Crippen LogP contribution in [0.5, 0.6) is 0 Å². The molecule has 1 saturated heterocycles. The number of hydrogen-bond acceptors (Lipinski definition) is 3. The van der Waals surface area contributed by atoms with E-state index in [-0.39, 0.29) is 11.9 Å². The van der Waals surface area contributed by atoms with Gasteiger partial charge in [0.1, 0.15) is 6.04 Å². The predicted molar refractivity (Wildman–Crippen MR) is 72.3 cm³/mol. The molecule has 2 aliphatic rings. The second-order valence-electron chi connectivity index (χ2n) is 5.23. The Kier molecular flexibility index (Phi) is 3.18. The maximum atomic E-state index is 12.2. The molecule has 3 atom stereocenters. The maximum absolute atomic E-state index is 12.2. The van der Waals surface area contributed by atoms with Crippen molar-refractivity contribution < 1.29 is 14.7 Å². The Morgan fingerprint density at radius 1 is 1.42 bits per heavy atom. The zero-order valence-electron chi connectivity index (χ0n) is 10.4. The fraction of sp³-hybridized carbons (Fsp3) is 0.538. The van der Waals surface area contributed by atoms with Crippen molar-refractivity contribution in [1.82, 2.24) is 4.90 Å². The van der Waals surface area contributed by atoms with E-state index in [0.29, 0.717) is 12.5 Å². The summed E-state index contributed by atoms with van der Waals surface area (Å²) in [7, 11) is 0. The molecule has 19 heavy (non-hydrogen) atoms. The van der Waals surface area contributed by atoms with Crippen LogP contribution >= 0.6 is 11.3 Å². The van der Waals surface area contributed by atoms with Crippen LogP contribution in [0.25, 0.3) is 0 Å². The summed E-state index contributed by atoms with van der Waals surface area (Å²) >= 11 is 1.50. The first-order chi connectivity index (χ1) is 9.16. The molecule has 1 aliphatic heterocycles. The number of nitrogens with zero attached hydrogens (tertiary/aromatic N) is 1. The summed E-state index contributed by atoms with van der Waals surface area (Å²) in [5.41, 5.74) is 0.733. The average molecular weight is 280 g/mol. The Bertz CT molecular complexity index is 488. The molecule has 2 amide bonds. The number of likely N-dealkylation sites (tertiary alicyclic amines) is 1. The Morgan fingerprint density at radius 2 is 2.26 bits per heavy atom. The highest BCUT2D eigenvalue weighted by molar-refractivity contribution is 7.08. The standard InChI is InChI=1S/C13H16N2O3S/c16-12(17)11-10-3-1-2-8(10)6-15(11)13(18)14-9-4-5-19-7-9/h4-5,7-8,10-11H,1-3,6H2,(H,14,18)(H,16,17). The molecule has 2 heterocycles. The van der Waals surface area contributed by atoms with Crippen LogP contribution in [-0.4, -0.2) is 34.6 Å². The number of aliphatic carboxylic acids is 1. The smallest absolute Gasteiger partial charge is 0.326 e. The molecule has 3 unspecified atom stereocenters. The van der Waals surface area contributed by atoms with Gasteiger partial charge >= 0.3 is 12.0 Å². The number of carboxylic acid groups (broad SMARTS) is 1. The molecule has 0 aromatic carbocycles. The summed E-state index contributed by atoms with van der Waals surface area (Å²) in [6.45, 7) is 0.567. The number of rotatable bonds is 2. The minimum Gasteiger partial charge on any atom is -0.480 e. The largest absolute Gasteiger partial charge is 0.480 e. The molecule has 0 bridgehead atoms. The van der Waals surface area contributed by atoms with E-state index in [9.17, 15) is 14.7 Å². The van der Waals surface area contributed by atoms with E-state index in [1.165, 1.54) is 16.2 Å². The number of amides is 2. The summed E-state index contributed by atoms with van der Waals surface area (Å²) in [6, 6.07) is 0.862. The van der Waals surface area contributed by atoms with Crippen LogP contribution in [-0.2, 0) is 4.79 Å². The van der Waals surface area contributed by atoms with Crippen LogP contribution in [0.3, 0.4) is 0 Å². The zero-order valence-corrected chi connectivity index (χ0v) is 11.2. The number of thiophene rings is 1. The summed E-state index contributed by atoms with van der Waals surface area (Å²) in [4.78, 5) is 25.2. The van der Waals surface area contributed by atoms with Gasteiger partial charge in [-0.2, -0.15) is 11.3 Å². The fourth-order valence-corrected chi connectivity index (χ4v) is 3.95. The Morgan fingerprint density at radius 3 is 2.95 bits per heavy atom. The molecule has 1 aromatic rings. The first-order valence-electron chi connectivity index (χ1n) is 6.49. The van der Waals surface area contributed by atoms with Gasteiger partial charge in [0, 0.05) is 11.9 Å². The highest BCUT2D eigenvalue weighted by Crippen LogP contribution is 2.42. The van der Waals surface area contributed by atoms with Crippen LogP contribution < -0.4 is 5.32 Å². The van der Waals surface area contributed by atoms with Crippen molar-refractivity contribution in [2.45, 2.75) is 25.3 Å². The minimum atomic E-state index is -0.880. The van der Waals surface area contributed by atoms with Crippen LogP contribution in [0.15, 0.2) is 16.8 Å². The normalized spacial score (nSPS) is 29.3. The summed E-state index contributed by atoms with van der Waals surface area (Å²) in [6.07, 6.45) is 3.04. The average Bonchev–Trinajstić information content (AvgIpc) is 3.02. The highest BCUT2D eigenvalue weighted by Gasteiger charge is 2.49. The third-order valence-corrected chi connectivity index (χ3v) is 4.86. The van der Waals surface area contributed by atoms with Crippen LogP contribution in [0, 0.1) is 11.8 Å². The third kappa shape index (κ3) is 2.20. The van der Waals surface area contributed by atoms with E-state index >= 15 is 0 Å². The summed E-state index contributed by atoms with van der Waals surface area (Å²) < 4.78 is 0. The van der Waals surface area contributed by atoms with Gasteiger partial charge in [-0.05, 0) is 36.1 Å². The summed E-state index contributed by atoms with van der Waals surface area (Å²) in [5.74, 6) is -0.394. The lowest BCUT2D eigenvalue weighted by Crippen LogP contribution is -2.45. The van der Waals surface area contributed by atoms with E-state index < -0.39 is 12.0 Å². The molecule has 1 saturated carbocycles. The Hall–Kier alpha value is -1.56. The van der Waals surface area contributed by atoms with Gasteiger partial charge in [0.2, 0.25) is 0 Å². The first-order valence-corrected chi connectivity index (χ1v) is 7.43. The molecular formula is C13H16N2O3S. The van der Waals surface area contributed by atoms with Crippen molar-refractivity contribution in [3.05, 3.63) is 16.8 Å². The van der Waals surface area contributed by atoms with Crippen LogP contribution in [0.1, 0.15) is 19.3 Å². The topological polar surface area (TPSA) is 69.6 Å². The number of carboxylic acids is 1. The van der Waals surface area contributed by atoms with Crippen molar-refractivity contribution >= 4 is 29.0 Å². The van der Waals surface area contributed by atoms with Crippen LogP contribution in [0.4, 0.5) is 10.5 Å². The molecule has 6 heteroatoms. The SMILES string of the molecule is O=C(O)C1C2CCCC2CN1C(=O)Nc1ccsc1. The number of anilines is 1. The number of carbonyl (C=O) groups excluding carboxylic acids is 1.